The van der Waals surface area contributed by atoms with E-state index in [2.05, 4.69) is 26.9 Å². The smallest absolute Gasteiger partial charge is 0.372 e. The number of aromatic nitrogens is 2. The van der Waals surface area contributed by atoms with Crippen LogP contribution in [0.1, 0.15) is 42.9 Å². The fourth-order valence-electron chi connectivity index (χ4n) is 2.52. The van der Waals surface area contributed by atoms with Crippen molar-refractivity contribution in [1.82, 2.24) is 15.3 Å². The second kappa shape index (κ2) is 7.17. The molecule has 0 bridgehead atoms. The Kier molecular flexibility index (Phi) is 5.52. The third kappa shape index (κ3) is 4.93. The minimum Gasteiger partial charge on any atom is -0.372 e. The molecule has 118 valence electrons. The minimum atomic E-state index is -4.28. The monoisotopic (exact) mass is 303 g/mol. The van der Waals surface area contributed by atoms with Crippen molar-refractivity contribution in [2.24, 2.45) is 0 Å². The van der Waals surface area contributed by atoms with E-state index in [0.717, 1.165) is 37.1 Å². The summed E-state index contributed by atoms with van der Waals surface area (Å²) in [6, 6.07) is 0.286. The fourth-order valence-corrected chi connectivity index (χ4v) is 2.52. The fraction of sp³-hybridized carbons (Fsp3) is 0.714. The van der Waals surface area contributed by atoms with E-state index in [4.69, 9.17) is 0 Å². The first-order valence-electron chi connectivity index (χ1n) is 7.22. The van der Waals surface area contributed by atoms with Gasteiger partial charge in [-0.15, -0.1) is 0 Å². The molecule has 1 aromatic rings. The Morgan fingerprint density at radius 2 is 2.24 bits per heavy atom. The molecule has 4 nitrogen and oxygen atoms in total. The van der Waals surface area contributed by atoms with Crippen LogP contribution in [0.3, 0.4) is 0 Å². The summed E-state index contributed by atoms with van der Waals surface area (Å²) in [5.41, 5.74) is 2.12. The van der Waals surface area contributed by atoms with Crippen LogP contribution in [0.2, 0.25) is 0 Å². The summed E-state index contributed by atoms with van der Waals surface area (Å²) in [5.74, 6) is 0.549. The Labute approximate surface area is 122 Å². The summed E-state index contributed by atoms with van der Waals surface area (Å²) in [7, 11) is 0. The summed E-state index contributed by atoms with van der Waals surface area (Å²) >= 11 is 0. The van der Waals surface area contributed by atoms with Gasteiger partial charge in [-0.25, -0.2) is 9.97 Å². The Morgan fingerprint density at radius 3 is 2.95 bits per heavy atom. The molecule has 0 amide bonds. The lowest BCUT2D eigenvalue weighted by atomic mass is 9.92. The zero-order valence-electron chi connectivity index (χ0n) is 12.0. The Bertz CT molecular complexity index is 465. The van der Waals surface area contributed by atoms with Gasteiger partial charge < -0.3 is 10.1 Å². The third-order valence-corrected chi connectivity index (χ3v) is 3.42. The summed E-state index contributed by atoms with van der Waals surface area (Å²) in [6.07, 6.45) is 0.846. The van der Waals surface area contributed by atoms with Crippen LogP contribution < -0.4 is 5.32 Å². The van der Waals surface area contributed by atoms with E-state index in [9.17, 15) is 13.2 Å². The molecule has 2 rings (SSSR count). The second-order valence-corrected chi connectivity index (χ2v) is 5.11. The van der Waals surface area contributed by atoms with Gasteiger partial charge in [-0.1, -0.05) is 6.92 Å². The van der Waals surface area contributed by atoms with Gasteiger partial charge >= 0.3 is 6.18 Å². The molecule has 1 aromatic heterocycles. The molecule has 0 spiro atoms. The van der Waals surface area contributed by atoms with Gasteiger partial charge in [0.1, 0.15) is 12.4 Å². The molecule has 21 heavy (non-hydrogen) atoms. The van der Waals surface area contributed by atoms with Gasteiger partial charge in [0.2, 0.25) is 0 Å². The minimum absolute atomic E-state index is 0.0189. The zero-order valence-corrected chi connectivity index (χ0v) is 12.0. The van der Waals surface area contributed by atoms with Crippen LogP contribution in [0.25, 0.3) is 0 Å². The van der Waals surface area contributed by atoms with Crippen LogP contribution in [-0.2, 0) is 17.6 Å². The average Bonchev–Trinajstić information content (AvgIpc) is 2.43. The normalized spacial score (nSPS) is 18.6. The van der Waals surface area contributed by atoms with Crippen molar-refractivity contribution >= 4 is 0 Å². The predicted molar refractivity (Wildman–Crippen MR) is 72.0 cm³/mol. The zero-order chi connectivity index (χ0) is 15.3. The quantitative estimate of drug-likeness (QED) is 0.821. The highest BCUT2D eigenvalue weighted by molar-refractivity contribution is 5.24. The standard InChI is InChI=1S/C14H20F3N3O/c1-2-18-11-4-3-5-12-10(11)8-19-13(20-12)6-7-21-9-14(15,16)17/h8,11,18H,2-7,9H2,1H3. The lowest BCUT2D eigenvalue weighted by Crippen LogP contribution is -2.26. The van der Waals surface area contributed by atoms with E-state index in [1.807, 2.05) is 0 Å². The molecule has 1 N–H and O–H groups in total. The molecule has 0 saturated heterocycles. The maximum absolute atomic E-state index is 12.0. The molecule has 1 atom stereocenters. The number of hydrogen-bond donors (Lipinski definition) is 1. The number of ether oxygens (including phenoxy) is 1. The molecule has 1 aliphatic carbocycles. The van der Waals surface area contributed by atoms with Crippen LogP contribution in [0, 0.1) is 0 Å². The van der Waals surface area contributed by atoms with Gasteiger partial charge in [0.05, 0.1) is 6.61 Å². The Balaban J connectivity index is 1.91. The maximum Gasteiger partial charge on any atom is 0.411 e. The molecule has 0 aliphatic heterocycles. The van der Waals surface area contributed by atoms with Crippen molar-refractivity contribution in [3.8, 4) is 0 Å². The van der Waals surface area contributed by atoms with Gasteiger partial charge in [-0.05, 0) is 25.8 Å². The summed E-state index contributed by atoms with van der Waals surface area (Å²) in [5, 5.41) is 3.40. The van der Waals surface area contributed by atoms with E-state index in [1.165, 1.54) is 0 Å². The number of rotatable bonds is 6. The molecule has 0 saturated carbocycles. The van der Waals surface area contributed by atoms with E-state index >= 15 is 0 Å². The van der Waals surface area contributed by atoms with E-state index in [1.54, 1.807) is 6.20 Å². The summed E-state index contributed by atoms with van der Waals surface area (Å²) in [4.78, 5) is 8.71. The highest BCUT2D eigenvalue weighted by Gasteiger charge is 2.27. The molecule has 1 heterocycles. The Morgan fingerprint density at radius 1 is 1.43 bits per heavy atom. The van der Waals surface area contributed by atoms with Crippen molar-refractivity contribution < 1.29 is 17.9 Å². The molecule has 0 fully saturated rings. The van der Waals surface area contributed by atoms with Crippen LogP contribution >= 0.6 is 0 Å². The van der Waals surface area contributed by atoms with Gasteiger partial charge in [0.15, 0.2) is 0 Å². The van der Waals surface area contributed by atoms with Gasteiger partial charge in [0.25, 0.3) is 0 Å². The molecular weight excluding hydrogens is 283 g/mol. The average molecular weight is 303 g/mol. The van der Waals surface area contributed by atoms with Crippen molar-refractivity contribution in [1.29, 1.82) is 0 Å². The molecule has 1 unspecified atom stereocenters. The highest BCUT2D eigenvalue weighted by Crippen LogP contribution is 2.27. The largest absolute Gasteiger partial charge is 0.411 e. The third-order valence-electron chi connectivity index (χ3n) is 3.42. The number of nitrogens with zero attached hydrogens (tertiary/aromatic N) is 2. The number of fused-ring (bicyclic) bond motifs is 1. The number of aryl methyl sites for hydroxylation is 1. The molecule has 0 aromatic carbocycles. The first kappa shape index (κ1) is 16.2. The number of halogens is 3. The lowest BCUT2D eigenvalue weighted by molar-refractivity contribution is -0.173. The second-order valence-electron chi connectivity index (χ2n) is 5.11. The van der Waals surface area contributed by atoms with Crippen molar-refractivity contribution in [2.45, 2.75) is 44.8 Å². The molecule has 0 radical (unpaired) electrons. The predicted octanol–water partition coefficient (Wildman–Crippen LogP) is 2.58. The van der Waals surface area contributed by atoms with Crippen molar-refractivity contribution in [3.63, 3.8) is 0 Å². The summed E-state index contributed by atoms with van der Waals surface area (Å²) in [6.45, 7) is 1.70. The Hall–Kier alpha value is -1.21. The summed E-state index contributed by atoms with van der Waals surface area (Å²) < 4.78 is 40.5. The van der Waals surface area contributed by atoms with E-state index < -0.39 is 12.8 Å². The first-order chi connectivity index (χ1) is 9.99. The van der Waals surface area contributed by atoms with Crippen LogP contribution in [-0.4, -0.2) is 35.9 Å². The topological polar surface area (TPSA) is 47.0 Å². The maximum atomic E-state index is 12.0. The van der Waals surface area contributed by atoms with Crippen LogP contribution in [0.4, 0.5) is 13.2 Å². The number of nitrogens with one attached hydrogen (secondary N) is 1. The van der Waals surface area contributed by atoms with Crippen LogP contribution in [0.5, 0.6) is 0 Å². The molecule has 1 aliphatic rings. The molecule has 7 heteroatoms. The molecular formula is C14H20F3N3O. The lowest BCUT2D eigenvalue weighted by Gasteiger charge is -2.25. The van der Waals surface area contributed by atoms with E-state index in [0.29, 0.717) is 12.2 Å². The van der Waals surface area contributed by atoms with Gasteiger partial charge in [-0.3, -0.25) is 0 Å². The van der Waals surface area contributed by atoms with Gasteiger partial charge in [-0.2, -0.15) is 13.2 Å². The van der Waals surface area contributed by atoms with Crippen molar-refractivity contribution in [3.05, 3.63) is 23.3 Å². The van der Waals surface area contributed by atoms with Gasteiger partial charge in [0, 0.05) is 29.9 Å². The van der Waals surface area contributed by atoms with Crippen molar-refractivity contribution in [2.75, 3.05) is 19.8 Å². The van der Waals surface area contributed by atoms with E-state index in [-0.39, 0.29) is 12.6 Å². The SMILES string of the molecule is CCNC1CCCc2nc(CCOCC(F)(F)F)ncc21. The highest BCUT2D eigenvalue weighted by atomic mass is 19.4. The first-order valence-corrected chi connectivity index (χ1v) is 7.22. The van der Waals surface area contributed by atoms with Crippen LogP contribution in [0.15, 0.2) is 6.20 Å². The number of alkyl halides is 3. The number of hydrogen-bond acceptors (Lipinski definition) is 4.